The van der Waals surface area contributed by atoms with E-state index in [9.17, 15) is 4.79 Å². The van der Waals surface area contributed by atoms with Gasteiger partial charge in [0.2, 0.25) is 0 Å². The van der Waals surface area contributed by atoms with Crippen molar-refractivity contribution in [2.45, 2.75) is 46.7 Å². The summed E-state index contributed by atoms with van der Waals surface area (Å²) in [4.78, 5) is 14.0. The van der Waals surface area contributed by atoms with Gasteiger partial charge in [0.05, 0.1) is 5.56 Å². The number of rotatable bonds is 7. The monoisotopic (exact) mass is 341 g/mol. The second-order valence-electron chi connectivity index (χ2n) is 5.47. The first-order chi connectivity index (χ1) is 9.32. The Morgan fingerprint density at radius 2 is 1.85 bits per heavy atom. The van der Waals surface area contributed by atoms with Gasteiger partial charge in [-0.3, -0.25) is 9.69 Å². The van der Waals surface area contributed by atoms with Crippen molar-refractivity contribution in [3.63, 3.8) is 0 Å². The molecule has 0 spiro atoms. The number of halogens is 1. The van der Waals surface area contributed by atoms with Crippen LogP contribution in [0.3, 0.4) is 0 Å². The normalized spacial score (nSPS) is 11.4. The zero-order valence-corrected chi connectivity index (χ0v) is 14.5. The van der Waals surface area contributed by atoms with Gasteiger partial charge in [-0.25, -0.2) is 0 Å². The minimum absolute atomic E-state index is 0.0251. The number of carbonyl (C=O) groups is 1. The van der Waals surface area contributed by atoms with Crippen LogP contribution in [0, 0.1) is 0 Å². The van der Waals surface area contributed by atoms with Crippen LogP contribution < -0.4 is 4.74 Å². The minimum Gasteiger partial charge on any atom is -0.491 e. The fourth-order valence-corrected chi connectivity index (χ4v) is 2.62. The van der Waals surface area contributed by atoms with Gasteiger partial charge in [0.15, 0.2) is 5.78 Å². The van der Waals surface area contributed by atoms with Crippen LogP contribution in [0.1, 0.15) is 45.0 Å². The Morgan fingerprint density at radius 3 is 2.35 bits per heavy atom. The summed E-state index contributed by atoms with van der Waals surface area (Å²) in [5.41, 5.74) is 0.633. The van der Waals surface area contributed by atoms with Crippen molar-refractivity contribution in [2.24, 2.45) is 0 Å². The highest BCUT2D eigenvalue weighted by Gasteiger charge is 2.14. The second-order valence-corrected chi connectivity index (χ2v) is 6.39. The van der Waals surface area contributed by atoms with Gasteiger partial charge in [0.1, 0.15) is 12.4 Å². The van der Waals surface area contributed by atoms with Gasteiger partial charge < -0.3 is 4.74 Å². The molecule has 0 N–H and O–H groups in total. The predicted molar refractivity (Wildman–Crippen MR) is 86.6 cm³/mol. The number of carbonyl (C=O) groups excluding carboxylic acids is 1. The third kappa shape index (κ3) is 4.91. The molecule has 0 bridgehead atoms. The van der Waals surface area contributed by atoms with Gasteiger partial charge in [0, 0.05) is 23.1 Å². The fraction of sp³-hybridized carbons (Fsp3) is 0.562. The van der Waals surface area contributed by atoms with Crippen molar-refractivity contribution in [1.29, 1.82) is 0 Å². The molecule has 0 aromatic heterocycles. The van der Waals surface area contributed by atoms with Crippen LogP contribution in [-0.2, 0) is 0 Å². The summed E-state index contributed by atoms with van der Waals surface area (Å²) in [5, 5.41) is 0. The molecule has 0 radical (unpaired) electrons. The van der Waals surface area contributed by atoms with E-state index in [1.807, 2.05) is 12.1 Å². The van der Waals surface area contributed by atoms with Crippen LogP contribution >= 0.6 is 15.9 Å². The summed E-state index contributed by atoms with van der Waals surface area (Å²) in [7, 11) is 0. The first-order valence-corrected chi connectivity index (χ1v) is 7.81. The Bertz CT molecular complexity index is 450. The summed E-state index contributed by atoms with van der Waals surface area (Å²) in [5.74, 6) is 0.677. The van der Waals surface area contributed by atoms with E-state index in [0.717, 1.165) is 11.0 Å². The van der Waals surface area contributed by atoms with Crippen molar-refractivity contribution < 1.29 is 9.53 Å². The highest BCUT2D eigenvalue weighted by molar-refractivity contribution is 9.10. The maximum Gasteiger partial charge on any atom is 0.163 e. The molecule has 3 nitrogen and oxygen atoms in total. The minimum atomic E-state index is 0.0251. The molecule has 112 valence electrons. The molecule has 0 atom stereocenters. The van der Waals surface area contributed by atoms with E-state index >= 15 is 0 Å². The lowest BCUT2D eigenvalue weighted by Crippen LogP contribution is -2.39. The zero-order chi connectivity index (χ0) is 15.3. The zero-order valence-electron chi connectivity index (χ0n) is 12.9. The number of nitrogens with zero attached hydrogens (tertiary/aromatic N) is 1. The van der Waals surface area contributed by atoms with E-state index < -0.39 is 0 Å². The van der Waals surface area contributed by atoms with Crippen LogP contribution in [0.4, 0.5) is 0 Å². The Hall–Kier alpha value is -0.870. The third-order valence-electron chi connectivity index (χ3n) is 3.26. The number of hydrogen-bond donors (Lipinski definition) is 0. The van der Waals surface area contributed by atoms with Gasteiger partial charge in [0.25, 0.3) is 0 Å². The van der Waals surface area contributed by atoms with Crippen LogP contribution in [-0.4, -0.2) is 35.9 Å². The maximum atomic E-state index is 11.6. The Kier molecular flexibility index (Phi) is 6.69. The van der Waals surface area contributed by atoms with Crippen LogP contribution in [0.15, 0.2) is 22.7 Å². The lowest BCUT2D eigenvalue weighted by Gasteiger charge is -2.30. The number of ether oxygens (including phenoxy) is 1. The molecule has 1 rings (SSSR count). The molecule has 0 amide bonds. The highest BCUT2D eigenvalue weighted by Crippen LogP contribution is 2.24. The molecule has 0 unspecified atom stereocenters. The number of ketones is 1. The van der Waals surface area contributed by atoms with Gasteiger partial charge >= 0.3 is 0 Å². The number of benzene rings is 1. The largest absolute Gasteiger partial charge is 0.491 e. The Balaban J connectivity index is 2.70. The molecule has 1 aromatic carbocycles. The van der Waals surface area contributed by atoms with Crippen LogP contribution in [0.2, 0.25) is 0 Å². The maximum absolute atomic E-state index is 11.6. The van der Waals surface area contributed by atoms with E-state index in [0.29, 0.717) is 30.0 Å². The van der Waals surface area contributed by atoms with E-state index in [4.69, 9.17) is 4.74 Å². The average molecular weight is 342 g/mol. The van der Waals surface area contributed by atoms with Gasteiger partial charge in [-0.15, -0.1) is 0 Å². The van der Waals surface area contributed by atoms with Gasteiger partial charge in [-0.1, -0.05) is 15.9 Å². The Morgan fingerprint density at radius 1 is 1.25 bits per heavy atom. The first-order valence-electron chi connectivity index (χ1n) is 7.02. The molecule has 1 aromatic rings. The van der Waals surface area contributed by atoms with Crippen molar-refractivity contribution in [3.05, 3.63) is 28.2 Å². The number of Topliss-reactive ketones (excluding diaryl/α,β-unsaturated/α-hetero) is 1. The van der Waals surface area contributed by atoms with Crippen molar-refractivity contribution in [1.82, 2.24) is 4.90 Å². The summed E-state index contributed by atoms with van der Waals surface area (Å²) < 4.78 is 6.74. The molecular formula is C16H24BrNO2. The first kappa shape index (κ1) is 17.2. The van der Waals surface area contributed by atoms with E-state index in [2.05, 4.69) is 48.5 Å². The molecule has 0 aliphatic heterocycles. The molecule has 0 saturated carbocycles. The standard InChI is InChI=1S/C16H24BrNO2/c1-11(2)18(12(3)4)8-9-20-16-10-14(17)6-7-15(16)13(5)19/h6-7,10-12H,8-9H2,1-5H3. The van der Waals surface area contributed by atoms with Gasteiger partial charge in [-0.05, 0) is 52.8 Å². The smallest absolute Gasteiger partial charge is 0.163 e. The average Bonchev–Trinajstić information content (AvgIpc) is 2.33. The van der Waals surface area contributed by atoms with E-state index in [1.165, 1.54) is 0 Å². The lowest BCUT2D eigenvalue weighted by atomic mass is 10.1. The topological polar surface area (TPSA) is 29.5 Å². The summed E-state index contributed by atoms with van der Waals surface area (Å²) in [6.07, 6.45) is 0. The molecule has 0 saturated heterocycles. The summed E-state index contributed by atoms with van der Waals surface area (Å²) in [6.45, 7) is 11.7. The molecule has 20 heavy (non-hydrogen) atoms. The van der Waals surface area contributed by atoms with Crippen LogP contribution in [0.25, 0.3) is 0 Å². The third-order valence-corrected chi connectivity index (χ3v) is 3.75. The predicted octanol–water partition coefficient (Wildman–Crippen LogP) is 4.15. The van der Waals surface area contributed by atoms with Crippen molar-refractivity contribution in [2.75, 3.05) is 13.2 Å². The molecule has 0 aliphatic carbocycles. The van der Waals surface area contributed by atoms with Crippen molar-refractivity contribution >= 4 is 21.7 Å². The summed E-state index contributed by atoms with van der Waals surface area (Å²) >= 11 is 3.41. The van der Waals surface area contributed by atoms with Crippen molar-refractivity contribution in [3.8, 4) is 5.75 Å². The van der Waals surface area contributed by atoms with Crippen LogP contribution in [0.5, 0.6) is 5.75 Å². The second kappa shape index (κ2) is 7.79. The van der Waals surface area contributed by atoms with E-state index in [-0.39, 0.29) is 5.78 Å². The summed E-state index contributed by atoms with van der Waals surface area (Å²) in [6, 6.07) is 6.47. The molecular weight excluding hydrogens is 318 g/mol. The lowest BCUT2D eigenvalue weighted by molar-refractivity contribution is 0.101. The van der Waals surface area contributed by atoms with Gasteiger partial charge in [-0.2, -0.15) is 0 Å². The molecule has 0 heterocycles. The molecule has 0 aliphatic rings. The Labute approximate surface area is 130 Å². The van der Waals surface area contributed by atoms with E-state index in [1.54, 1.807) is 13.0 Å². The SMILES string of the molecule is CC(=O)c1ccc(Br)cc1OCCN(C(C)C)C(C)C. The number of hydrogen-bond acceptors (Lipinski definition) is 3. The molecule has 4 heteroatoms. The fourth-order valence-electron chi connectivity index (χ4n) is 2.28. The highest BCUT2D eigenvalue weighted by atomic mass is 79.9. The quantitative estimate of drug-likeness (QED) is 0.697. The molecule has 0 fully saturated rings.